The standard InChI is InChI=1S/C16H33N3O/c1-5-6-12(2)15-14(20-13(3)16(15,4)17)11-19-9-7-18-8-10-19/h12-15,18H,5-11,17H2,1-4H3/t12-,13-,14+,15?,16+/m0/s1. The van der Waals surface area contributed by atoms with Gasteiger partial charge in [-0.3, -0.25) is 4.90 Å². The van der Waals surface area contributed by atoms with Gasteiger partial charge in [0, 0.05) is 44.2 Å². The zero-order valence-corrected chi connectivity index (χ0v) is 13.7. The summed E-state index contributed by atoms with van der Waals surface area (Å²) >= 11 is 0. The number of ether oxygens (including phenoxy) is 1. The van der Waals surface area contributed by atoms with Crippen LogP contribution in [-0.4, -0.2) is 55.4 Å². The van der Waals surface area contributed by atoms with Crippen LogP contribution in [0.5, 0.6) is 0 Å². The molecule has 0 aromatic heterocycles. The van der Waals surface area contributed by atoms with Gasteiger partial charge in [0.15, 0.2) is 0 Å². The summed E-state index contributed by atoms with van der Waals surface area (Å²) in [5, 5.41) is 3.41. The molecule has 0 amide bonds. The third-order valence-electron chi connectivity index (χ3n) is 5.38. The van der Waals surface area contributed by atoms with E-state index >= 15 is 0 Å². The predicted octanol–water partition coefficient (Wildman–Crippen LogP) is 1.45. The predicted molar refractivity (Wildman–Crippen MR) is 83.8 cm³/mol. The van der Waals surface area contributed by atoms with Gasteiger partial charge in [-0.05, 0) is 19.8 Å². The van der Waals surface area contributed by atoms with Crippen LogP contribution in [-0.2, 0) is 4.74 Å². The van der Waals surface area contributed by atoms with E-state index in [0.717, 1.165) is 32.7 Å². The van der Waals surface area contributed by atoms with Gasteiger partial charge in [0.25, 0.3) is 0 Å². The second kappa shape index (κ2) is 6.73. The molecule has 0 aromatic rings. The number of nitrogens with one attached hydrogen (secondary N) is 1. The van der Waals surface area contributed by atoms with Crippen LogP contribution in [0.3, 0.4) is 0 Å². The van der Waals surface area contributed by atoms with Crippen molar-refractivity contribution in [3.05, 3.63) is 0 Å². The monoisotopic (exact) mass is 283 g/mol. The fourth-order valence-corrected chi connectivity index (χ4v) is 4.08. The minimum atomic E-state index is -0.201. The fraction of sp³-hybridized carbons (Fsp3) is 1.00. The van der Waals surface area contributed by atoms with Gasteiger partial charge >= 0.3 is 0 Å². The second-order valence-corrected chi connectivity index (χ2v) is 7.03. The summed E-state index contributed by atoms with van der Waals surface area (Å²) in [6.45, 7) is 14.4. The zero-order valence-electron chi connectivity index (χ0n) is 13.7. The Hall–Kier alpha value is -0.160. The largest absolute Gasteiger partial charge is 0.372 e. The van der Waals surface area contributed by atoms with Crippen molar-refractivity contribution in [3.8, 4) is 0 Å². The SMILES string of the molecule is CCC[C@H](C)C1[C@@H](CN2CCNCC2)O[C@@H](C)[C@@]1(C)N. The van der Waals surface area contributed by atoms with Crippen molar-refractivity contribution in [1.82, 2.24) is 10.2 Å². The van der Waals surface area contributed by atoms with Crippen molar-refractivity contribution in [2.24, 2.45) is 17.6 Å². The van der Waals surface area contributed by atoms with Crippen LogP contribution < -0.4 is 11.1 Å². The molecule has 2 fully saturated rings. The molecular formula is C16H33N3O. The molecule has 2 saturated heterocycles. The molecule has 2 aliphatic rings. The van der Waals surface area contributed by atoms with Crippen molar-refractivity contribution in [2.45, 2.75) is 58.3 Å². The van der Waals surface area contributed by atoms with Gasteiger partial charge in [-0.15, -0.1) is 0 Å². The average molecular weight is 283 g/mol. The van der Waals surface area contributed by atoms with Gasteiger partial charge in [-0.25, -0.2) is 0 Å². The zero-order chi connectivity index (χ0) is 14.8. The molecule has 3 N–H and O–H groups in total. The third-order valence-corrected chi connectivity index (χ3v) is 5.38. The molecular weight excluding hydrogens is 250 g/mol. The van der Waals surface area contributed by atoms with E-state index in [2.05, 4.69) is 37.9 Å². The maximum atomic E-state index is 6.64. The first-order valence-corrected chi connectivity index (χ1v) is 8.34. The number of hydrogen-bond donors (Lipinski definition) is 2. The molecule has 0 aromatic carbocycles. The highest BCUT2D eigenvalue weighted by Crippen LogP contribution is 2.40. The Bertz CT molecular complexity index is 302. The first-order chi connectivity index (χ1) is 9.46. The topological polar surface area (TPSA) is 50.5 Å². The summed E-state index contributed by atoms with van der Waals surface area (Å²) in [5.41, 5.74) is 6.44. The number of piperazine rings is 1. The summed E-state index contributed by atoms with van der Waals surface area (Å²) in [5.74, 6) is 1.10. The Kier molecular flexibility index (Phi) is 5.46. The first-order valence-electron chi connectivity index (χ1n) is 8.34. The Labute approximate surface area is 124 Å². The van der Waals surface area contributed by atoms with E-state index in [1.165, 1.54) is 12.8 Å². The number of nitrogens with two attached hydrogens (primary N) is 1. The summed E-state index contributed by atoms with van der Waals surface area (Å²) in [6, 6.07) is 0. The Balaban J connectivity index is 2.04. The van der Waals surface area contributed by atoms with Gasteiger partial charge < -0.3 is 15.8 Å². The Morgan fingerprint density at radius 2 is 2.05 bits per heavy atom. The minimum Gasteiger partial charge on any atom is -0.372 e. The van der Waals surface area contributed by atoms with Gasteiger partial charge in [-0.1, -0.05) is 26.7 Å². The van der Waals surface area contributed by atoms with Crippen LogP contribution in [0.25, 0.3) is 0 Å². The highest BCUT2D eigenvalue weighted by atomic mass is 16.5. The lowest BCUT2D eigenvalue weighted by molar-refractivity contribution is 0.00749. The molecule has 1 unspecified atom stereocenters. The quantitative estimate of drug-likeness (QED) is 0.802. The molecule has 0 bridgehead atoms. The van der Waals surface area contributed by atoms with Gasteiger partial charge in [0.05, 0.1) is 12.2 Å². The summed E-state index contributed by atoms with van der Waals surface area (Å²) < 4.78 is 6.27. The molecule has 2 heterocycles. The average Bonchev–Trinajstić information content (AvgIpc) is 2.61. The maximum Gasteiger partial charge on any atom is 0.0755 e. The fourth-order valence-electron chi connectivity index (χ4n) is 4.08. The van der Waals surface area contributed by atoms with E-state index in [0.29, 0.717) is 17.9 Å². The minimum absolute atomic E-state index is 0.153. The Morgan fingerprint density at radius 3 is 2.65 bits per heavy atom. The van der Waals surface area contributed by atoms with Crippen molar-refractivity contribution in [2.75, 3.05) is 32.7 Å². The highest BCUT2D eigenvalue weighted by molar-refractivity contribution is 5.04. The first kappa shape index (κ1) is 16.2. The molecule has 2 rings (SSSR count). The van der Waals surface area contributed by atoms with E-state index in [9.17, 15) is 0 Å². The molecule has 0 aliphatic carbocycles. The van der Waals surface area contributed by atoms with Gasteiger partial charge in [0.1, 0.15) is 0 Å². The van der Waals surface area contributed by atoms with Crippen LogP contribution in [0.1, 0.15) is 40.5 Å². The summed E-state index contributed by atoms with van der Waals surface area (Å²) in [7, 11) is 0. The lowest BCUT2D eigenvalue weighted by Crippen LogP contribution is -2.53. The van der Waals surface area contributed by atoms with Crippen LogP contribution in [0, 0.1) is 11.8 Å². The summed E-state index contributed by atoms with van der Waals surface area (Å²) in [4.78, 5) is 2.53. The lowest BCUT2D eigenvalue weighted by atomic mass is 9.73. The molecule has 5 atom stereocenters. The molecule has 20 heavy (non-hydrogen) atoms. The number of rotatable bonds is 5. The molecule has 0 saturated carbocycles. The van der Waals surface area contributed by atoms with E-state index in [4.69, 9.17) is 10.5 Å². The molecule has 4 heteroatoms. The normalized spacial score (nSPS) is 41.0. The summed E-state index contributed by atoms with van der Waals surface area (Å²) in [6.07, 6.45) is 2.91. The van der Waals surface area contributed by atoms with E-state index in [1.54, 1.807) is 0 Å². The van der Waals surface area contributed by atoms with Gasteiger partial charge in [-0.2, -0.15) is 0 Å². The van der Waals surface area contributed by atoms with Crippen molar-refractivity contribution in [3.63, 3.8) is 0 Å². The highest BCUT2D eigenvalue weighted by Gasteiger charge is 2.50. The van der Waals surface area contributed by atoms with E-state index < -0.39 is 0 Å². The number of nitrogens with zero attached hydrogens (tertiary/aromatic N) is 1. The van der Waals surface area contributed by atoms with Crippen LogP contribution >= 0.6 is 0 Å². The maximum absolute atomic E-state index is 6.64. The van der Waals surface area contributed by atoms with Crippen LogP contribution in [0.2, 0.25) is 0 Å². The second-order valence-electron chi connectivity index (χ2n) is 7.03. The van der Waals surface area contributed by atoms with Crippen molar-refractivity contribution in [1.29, 1.82) is 0 Å². The molecule has 0 spiro atoms. The smallest absolute Gasteiger partial charge is 0.0755 e. The Morgan fingerprint density at radius 1 is 1.40 bits per heavy atom. The van der Waals surface area contributed by atoms with E-state index in [1.807, 2.05) is 0 Å². The number of hydrogen-bond acceptors (Lipinski definition) is 4. The molecule has 0 radical (unpaired) electrons. The third kappa shape index (κ3) is 3.35. The lowest BCUT2D eigenvalue weighted by Gasteiger charge is -2.37. The van der Waals surface area contributed by atoms with Crippen LogP contribution in [0.4, 0.5) is 0 Å². The molecule has 2 aliphatic heterocycles. The van der Waals surface area contributed by atoms with E-state index in [-0.39, 0.29) is 11.6 Å². The molecule has 118 valence electrons. The molecule has 4 nitrogen and oxygen atoms in total. The van der Waals surface area contributed by atoms with Gasteiger partial charge in [0.2, 0.25) is 0 Å². The van der Waals surface area contributed by atoms with Crippen LogP contribution in [0.15, 0.2) is 0 Å². The van der Waals surface area contributed by atoms with Crippen molar-refractivity contribution < 1.29 is 4.74 Å². The van der Waals surface area contributed by atoms with Crippen molar-refractivity contribution >= 4 is 0 Å².